The van der Waals surface area contributed by atoms with Gasteiger partial charge in [-0.2, -0.15) is 0 Å². The van der Waals surface area contributed by atoms with Crippen LogP contribution >= 0.6 is 23.2 Å². The van der Waals surface area contributed by atoms with Gasteiger partial charge in [0.1, 0.15) is 17.2 Å². The number of nitrogen functional groups attached to an aromatic ring is 1. The molecule has 4 saturated heterocycles. The van der Waals surface area contributed by atoms with Crippen LogP contribution in [0.5, 0.6) is 0 Å². The number of morpholine rings is 2. The number of hydrogen-bond donors (Lipinski definition) is 2. The van der Waals surface area contributed by atoms with Crippen molar-refractivity contribution in [3.05, 3.63) is 141 Å². The number of anilines is 2. The predicted octanol–water partition coefficient (Wildman–Crippen LogP) is 8.14. The Morgan fingerprint density at radius 3 is 1.52 bits per heavy atom. The molecule has 4 aliphatic rings. The molecular weight excluding hydrogens is 877 g/mol. The fourth-order valence-electron chi connectivity index (χ4n) is 8.56. The molecule has 0 saturated carbocycles. The Kier molecular flexibility index (Phi) is 15.6. The molecule has 0 aliphatic carbocycles. The van der Waals surface area contributed by atoms with Gasteiger partial charge in [-0.25, -0.2) is 13.6 Å². The van der Waals surface area contributed by atoms with E-state index in [1.54, 1.807) is 99.7 Å². The van der Waals surface area contributed by atoms with Gasteiger partial charge in [0.2, 0.25) is 11.8 Å². The Labute approximate surface area is 388 Å². The van der Waals surface area contributed by atoms with E-state index in [1.165, 1.54) is 30.3 Å². The van der Waals surface area contributed by atoms with Gasteiger partial charge in [0.25, 0.3) is 0 Å². The maximum Gasteiger partial charge on any atom is 0.412 e. The zero-order chi connectivity index (χ0) is 46.3. The van der Waals surface area contributed by atoms with E-state index in [1.807, 2.05) is 9.80 Å². The van der Waals surface area contributed by atoms with Crippen LogP contribution in [0.4, 0.5) is 25.0 Å². The number of nitrogens with zero attached hydrogens (tertiary/aromatic N) is 4. The maximum atomic E-state index is 13.3. The average Bonchev–Trinajstić information content (AvgIpc) is 3.23. The second kappa shape index (κ2) is 21.3. The molecule has 4 fully saturated rings. The fraction of sp³-hybridized carbons (Fsp3) is 0.367. The van der Waals surface area contributed by atoms with Crippen molar-refractivity contribution < 1.29 is 37.4 Å². The highest BCUT2D eigenvalue weighted by Gasteiger charge is 2.41. The Bertz CT molecular complexity index is 2350. The molecule has 16 heteroatoms. The zero-order valence-electron chi connectivity index (χ0n) is 36.6. The molecule has 4 unspecified atom stereocenters. The highest BCUT2D eigenvalue weighted by Crippen LogP contribution is 2.28. The lowest BCUT2D eigenvalue weighted by Crippen LogP contribution is -2.65. The maximum absolute atomic E-state index is 13.3. The van der Waals surface area contributed by atoms with E-state index in [-0.39, 0.29) is 47.6 Å². The molecule has 4 heterocycles. The quantitative estimate of drug-likeness (QED) is 0.126. The summed E-state index contributed by atoms with van der Waals surface area (Å²) < 4.78 is 43.2. The SMILES string of the molecule is CC(C)(C)OC(=O)Nc1cc(Cl)ccc1/C=C/C(=O)N1C2COCC1CN(Cc1ccc(F)cc1)C2.Nc1cc(Cl)ccc1/C=C/C(=O)N1C2COCC1CN(Cc1ccc(F)cc1)C2. The molecule has 65 heavy (non-hydrogen) atoms. The van der Waals surface area contributed by atoms with Crippen LogP contribution in [0.2, 0.25) is 10.0 Å². The third-order valence-electron chi connectivity index (χ3n) is 11.3. The smallest absolute Gasteiger partial charge is 0.412 e. The highest BCUT2D eigenvalue weighted by atomic mass is 35.5. The van der Waals surface area contributed by atoms with Gasteiger partial charge in [0.15, 0.2) is 0 Å². The standard InChI is InChI=1S/C27H31ClFN3O4.C22H23ClFN3O2/c1-27(2,3)36-26(34)30-24-12-20(28)8-6-19(24)7-11-25(33)32-22-14-31(15-23(32)17-35-16-22)13-18-4-9-21(29)10-5-18;23-17-5-3-16(21(25)9-17)4-8-22(28)27-19-11-26(12-20(27)14-29-13-19)10-15-1-6-18(24)7-2-15/h4-12,22-23H,13-17H2,1-3H3,(H,30,34);1-9,19-20H,10-14,25H2/b11-7+;8-4+. The highest BCUT2D eigenvalue weighted by molar-refractivity contribution is 6.31. The molecule has 4 aromatic carbocycles. The number of halogens is 4. The summed E-state index contributed by atoms with van der Waals surface area (Å²) in [4.78, 5) is 46.8. The van der Waals surface area contributed by atoms with Gasteiger partial charge in [-0.05, 0) is 104 Å². The monoisotopic (exact) mass is 930 g/mol. The first-order valence-electron chi connectivity index (χ1n) is 21.5. The number of amides is 3. The first-order valence-corrected chi connectivity index (χ1v) is 22.3. The number of carbonyl (C=O) groups is 3. The van der Waals surface area contributed by atoms with Crippen LogP contribution in [0.1, 0.15) is 43.0 Å². The molecule has 3 N–H and O–H groups in total. The minimum Gasteiger partial charge on any atom is -0.444 e. The number of piperazine rings is 2. The fourth-order valence-corrected chi connectivity index (χ4v) is 8.92. The first kappa shape index (κ1) is 47.6. The molecule has 4 aliphatic heterocycles. The lowest BCUT2D eigenvalue weighted by molar-refractivity contribution is -0.150. The van der Waals surface area contributed by atoms with Gasteiger partial charge in [0.05, 0.1) is 56.3 Å². The molecule has 4 atom stereocenters. The number of benzene rings is 4. The van der Waals surface area contributed by atoms with Gasteiger partial charge in [-0.15, -0.1) is 0 Å². The Morgan fingerprint density at radius 1 is 0.677 bits per heavy atom. The van der Waals surface area contributed by atoms with Gasteiger partial charge < -0.3 is 29.7 Å². The van der Waals surface area contributed by atoms with Crippen LogP contribution < -0.4 is 11.1 Å². The number of rotatable bonds is 9. The third-order valence-corrected chi connectivity index (χ3v) is 11.8. The lowest BCUT2D eigenvalue weighted by Gasteiger charge is -2.49. The minimum absolute atomic E-state index is 0.0114. The van der Waals surface area contributed by atoms with Gasteiger partial charge in [-0.1, -0.05) is 59.6 Å². The summed E-state index contributed by atoms with van der Waals surface area (Å²) in [6.45, 7) is 11.5. The van der Waals surface area contributed by atoms with Crippen molar-refractivity contribution in [3.63, 3.8) is 0 Å². The van der Waals surface area contributed by atoms with Gasteiger partial charge >= 0.3 is 6.09 Å². The van der Waals surface area contributed by atoms with Crippen LogP contribution in [0.3, 0.4) is 0 Å². The number of nitrogens with two attached hydrogens (primary N) is 1. The van der Waals surface area contributed by atoms with Crippen molar-refractivity contribution in [2.45, 2.75) is 63.6 Å². The van der Waals surface area contributed by atoms with E-state index in [0.29, 0.717) is 73.0 Å². The molecular formula is C49H54Cl2F2N6O6. The summed E-state index contributed by atoms with van der Waals surface area (Å²) in [6, 6.07) is 23.2. The average molecular weight is 932 g/mol. The van der Waals surface area contributed by atoms with Crippen LogP contribution in [0.15, 0.2) is 97.1 Å². The van der Waals surface area contributed by atoms with E-state index >= 15 is 0 Å². The Hall–Kier alpha value is -5.35. The molecule has 344 valence electrons. The van der Waals surface area contributed by atoms with Crippen LogP contribution in [0, 0.1) is 11.6 Å². The summed E-state index contributed by atoms with van der Waals surface area (Å²) in [5, 5.41) is 3.73. The predicted molar refractivity (Wildman–Crippen MR) is 249 cm³/mol. The van der Waals surface area contributed by atoms with Crippen molar-refractivity contribution in [3.8, 4) is 0 Å². The lowest BCUT2D eigenvalue weighted by atomic mass is 10.0. The summed E-state index contributed by atoms with van der Waals surface area (Å²) in [5.41, 5.74) is 9.80. The van der Waals surface area contributed by atoms with Crippen molar-refractivity contribution in [2.24, 2.45) is 0 Å². The van der Waals surface area contributed by atoms with Gasteiger partial charge in [0, 0.05) is 67.2 Å². The van der Waals surface area contributed by atoms with E-state index in [4.69, 9.17) is 43.1 Å². The molecule has 0 radical (unpaired) electrons. The van der Waals surface area contributed by atoms with Crippen molar-refractivity contribution in [1.82, 2.24) is 19.6 Å². The van der Waals surface area contributed by atoms with E-state index in [0.717, 1.165) is 36.3 Å². The minimum atomic E-state index is -0.646. The number of carbonyl (C=O) groups excluding carboxylic acids is 3. The van der Waals surface area contributed by atoms with E-state index in [9.17, 15) is 23.2 Å². The van der Waals surface area contributed by atoms with E-state index in [2.05, 4.69) is 15.1 Å². The molecule has 0 spiro atoms. The molecule has 4 bridgehead atoms. The van der Waals surface area contributed by atoms with Crippen molar-refractivity contribution in [2.75, 3.05) is 63.7 Å². The summed E-state index contributed by atoms with van der Waals surface area (Å²) in [5.74, 6) is -0.647. The Morgan fingerprint density at radius 2 is 1.09 bits per heavy atom. The first-order chi connectivity index (χ1) is 31.1. The van der Waals surface area contributed by atoms with Gasteiger partial charge in [-0.3, -0.25) is 24.7 Å². The third kappa shape index (κ3) is 13.1. The summed E-state index contributed by atoms with van der Waals surface area (Å²) >= 11 is 12.1. The van der Waals surface area contributed by atoms with E-state index < -0.39 is 11.7 Å². The Balaban J connectivity index is 0.000000198. The largest absolute Gasteiger partial charge is 0.444 e. The molecule has 4 aromatic rings. The molecule has 0 aromatic heterocycles. The van der Waals surface area contributed by atoms with Crippen molar-refractivity contribution >= 4 is 64.6 Å². The summed E-state index contributed by atoms with van der Waals surface area (Å²) in [7, 11) is 0. The van der Waals surface area contributed by atoms with Crippen molar-refractivity contribution in [1.29, 1.82) is 0 Å². The zero-order valence-corrected chi connectivity index (χ0v) is 38.1. The molecule has 12 nitrogen and oxygen atoms in total. The van der Waals surface area contributed by atoms with Crippen LogP contribution in [0.25, 0.3) is 12.2 Å². The molecule has 8 rings (SSSR count). The summed E-state index contributed by atoms with van der Waals surface area (Å²) in [6.07, 6.45) is 5.89. The second-order valence-electron chi connectivity index (χ2n) is 17.6. The number of nitrogens with one attached hydrogen (secondary N) is 1. The number of hydrogen-bond acceptors (Lipinski definition) is 9. The molecule has 3 amide bonds. The number of ether oxygens (including phenoxy) is 3. The second-order valence-corrected chi connectivity index (χ2v) is 18.5. The normalized spacial score (nSPS) is 21.2. The topological polar surface area (TPSA) is 130 Å². The number of fused-ring (bicyclic) bond motifs is 4. The van der Waals surface area contributed by atoms with Crippen LogP contribution in [-0.4, -0.2) is 120 Å². The van der Waals surface area contributed by atoms with Crippen LogP contribution in [-0.2, 0) is 36.9 Å².